The number of nitrogens with zero attached hydrogens (tertiary/aromatic N) is 2. The molecular formula is C16H26N4O3. The summed E-state index contributed by atoms with van der Waals surface area (Å²) < 4.78 is 0. The van der Waals surface area contributed by atoms with Gasteiger partial charge in [0, 0.05) is 44.6 Å². The van der Waals surface area contributed by atoms with Crippen molar-refractivity contribution in [3.63, 3.8) is 0 Å². The second-order valence-corrected chi connectivity index (χ2v) is 7.58. The van der Waals surface area contributed by atoms with E-state index in [1.165, 1.54) is 0 Å². The highest BCUT2D eigenvalue weighted by Crippen LogP contribution is 2.41. The van der Waals surface area contributed by atoms with Crippen molar-refractivity contribution in [3.8, 4) is 0 Å². The number of hydrogen-bond acceptors (Lipinski definition) is 3. The molecule has 1 spiro atoms. The Hall–Kier alpha value is -1.79. The molecule has 0 aromatic carbocycles. The fourth-order valence-electron chi connectivity index (χ4n) is 3.95. The summed E-state index contributed by atoms with van der Waals surface area (Å²) in [6, 6.07) is -0.721. The van der Waals surface area contributed by atoms with Crippen LogP contribution in [0.3, 0.4) is 0 Å². The maximum atomic E-state index is 12.4. The fourth-order valence-corrected chi connectivity index (χ4v) is 3.95. The quantitative estimate of drug-likeness (QED) is 0.777. The van der Waals surface area contributed by atoms with E-state index in [1.54, 1.807) is 0 Å². The molecule has 0 aliphatic carbocycles. The van der Waals surface area contributed by atoms with Gasteiger partial charge in [0.05, 0.1) is 0 Å². The lowest BCUT2D eigenvalue weighted by Crippen LogP contribution is -2.50. The van der Waals surface area contributed by atoms with E-state index < -0.39 is 6.04 Å². The summed E-state index contributed by atoms with van der Waals surface area (Å²) >= 11 is 0. The lowest BCUT2D eigenvalue weighted by Gasteiger charge is -2.39. The van der Waals surface area contributed by atoms with Gasteiger partial charge in [-0.3, -0.25) is 9.59 Å². The molecule has 7 nitrogen and oxygen atoms in total. The van der Waals surface area contributed by atoms with Crippen LogP contribution in [0.25, 0.3) is 0 Å². The third kappa shape index (κ3) is 3.28. The van der Waals surface area contributed by atoms with Crippen LogP contribution in [0.4, 0.5) is 4.79 Å². The molecule has 0 aromatic heterocycles. The molecule has 4 amide bonds. The summed E-state index contributed by atoms with van der Waals surface area (Å²) in [6.07, 6.45) is 2.35. The maximum absolute atomic E-state index is 12.4. The van der Waals surface area contributed by atoms with E-state index in [-0.39, 0.29) is 23.3 Å². The van der Waals surface area contributed by atoms with Crippen molar-refractivity contribution in [2.24, 2.45) is 11.3 Å². The number of rotatable bonds is 3. The van der Waals surface area contributed by atoms with Crippen LogP contribution in [0.2, 0.25) is 0 Å². The summed E-state index contributed by atoms with van der Waals surface area (Å²) in [4.78, 5) is 39.6. The second kappa shape index (κ2) is 6.02. The smallest absolute Gasteiger partial charge is 0.315 e. The summed E-state index contributed by atoms with van der Waals surface area (Å²) in [5.41, 5.74) is 0.0416. The highest BCUT2D eigenvalue weighted by Gasteiger charge is 2.46. The Morgan fingerprint density at radius 2 is 2.00 bits per heavy atom. The van der Waals surface area contributed by atoms with Crippen LogP contribution in [0, 0.1) is 11.3 Å². The number of nitrogens with one attached hydrogen (secondary N) is 2. The van der Waals surface area contributed by atoms with Crippen LogP contribution in [-0.2, 0) is 9.59 Å². The van der Waals surface area contributed by atoms with Crippen molar-refractivity contribution in [2.45, 2.75) is 39.2 Å². The number of piperidine rings is 1. The van der Waals surface area contributed by atoms with Crippen LogP contribution >= 0.6 is 0 Å². The Morgan fingerprint density at radius 1 is 1.30 bits per heavy atom. The Bertz CT molecular complexity index is 511. The van der Waals surface area contributed by atoms with E-state index in [2.05, 4.69) is 24.5 Å². The van der Waals surface area contributed by atoms with Crippen LogP contribution in [-0.4, -0.2) is 66.4 Å². The largest absolute Gasteiger partial charge is 0.342 e. The minimum absolute atomic E-state index is 0.0124. The van der Waals surface area contributed by atoms with Crippen molar-refractivity contribution in [1.82, 2.24) is 20.4 Å². The standard InChI is InChI=1S/C16H26N4O3/c1-11(2)9-20-10-16(7-13(20)21)3-5-19(6-4-16)14(22)12-8-17-15(23)18-12/h11-12H,3-10H2,1-2H3,(H2,17,18,23)/t12-/m1/s1. The number of hydrogen-bond donors (Lipinski definition) is 2. The molecule has 128 valence electrons. The first-order valence-electron chi connectivity index (χ1n) is 8.49. The number of amides is 4. The number of carbonyl (C=O) groups is 3. The lowest BCUT2D eigenvalue weighted by atomic mass is 9.77. The predicted molar refractivity (Wildman–Crippen MR) is 84.6 cm³/mol. The SMILES string of the molecule is CC(C)CN1CC2(CCN(C(=O)[C@H]3CNC(=O)N3)CC2)CC1=O. The van der Waals surface area contributed by atoms with E-state index in [9.17, 15) is 14.4 Å². The van der Waals surface area contributed by atoms with Crippen LogP contribution in [0.15, 0.2) is 0 Å². The molecule has 3 aliphatic heterocycles. The van der Waals surface area contributed by atoms with Crippen LogP contribution in [0.5, 0.6) is 0 Å². The molecule has 0 aromatic rings. The first-order chi connectivity index (χ1) is 10.9. The molecule has 1 atom stereocenters. The fraction of sp³-hybridized carbons (Fsp3) is 0.812. The van der Waals surface area contributed by atoms with Crippen molar-refractivity contribution < 1.29 is 14.4 Å². The third-order valence-electron chi connectivity index (χ3n) is 5.20. The Balaban J connectivity index is 1.55. The summed E-state index contributed by atoms with van der Waals surface area (Å²) in [7, 11) is 0. The molecule has 7 heteroatoms. The number of carbonyl (C=O) groups excluding carboxylic acids is 3. The minimum Gasteiger partial charge on any atom is -0.342 e. The van der Waals surface area contributed by atoms with Crippen molar-refractivity contribution in [2.75, 3.05) is 32.7 Å². The zero-order valence-corrected chi connectivity index (χ0v) is 13.9. The second-order valence-electron chi connectivity index (χ2n) is 7.58. The van der Waals surface area contributed by atoms with Gasteiger partial charge in [0.25, 0.3) is 0 Å². The molecule has 3 heterocycles. The van der Waals surface area contributed by atoms with E-state index in [0.29, 0.717) is 32.0 Å². The lowest BCUT2D eigenvalue weighted by molar-refractivity contribution is -0.134. The first kappa shape index (κ1) is 16.1. The summed E-state index contributed by atoms with van der Waals surface area (Å²) in [5, 5.41) is 5.26. The van der Waals surface area contributed by atoms with E-state index in [4.69, 9.17) is 0 Å². The van der Waals surface area contributed by atoms with Gasteiger partial charge in [-0.1, -0.05) is 13.8 Å². The van der Waals surface area contributed by atoms with Gasteiger partial charge < -0.3 is 20.4 Å². The highest BCUT2D eigenvalue weighted by molar-refractivity contribution is 5.90. The van der Waals surface area contributed by atoms with Gasteiger partial charge in [-0.2, -0.15) is 0 Å². The van der Waals surface area contributed by atoms with Crippen LogP contribution in [0.1, 0.15) is 33.1 Å². The van der Waals surface area contributed by atoms with Gasteiger partial charge >= 0.3 is 6.03 Å². The van der Waals surface area contributed by atoms with Gasteiger partial charge in [-0.25, -0.2) is 4.79 Å². The van der Waals surface area contributed by atoms with E-state index in [1.807, 2.05) is 9.80 Å². The van der Waals surface area contributed by atoms with E-state index in [0.717, 1.165) is 25.9 Å². The molecule has 3 aliphatic rings. The van der Waals surface area contributed by atoms with Gasteiger partial charge in [-0.05, 0) is 18.8 Å². The Labute approximate surface area is 136 Å². The molecule has 3 saturated heterocycles. The van der Waals surface area contributed by atoms with Gasteiger partial charge in [-0.15, -0.1) is 0 Å². The molecule has 0 radical (unpaired) electrons. The molecule has 23 heavy (non-hydrogen) atoms. The number of urea groups is 1. The Morgan fingerprint density at radius 3 is 2.57 bits per heavy atom. The van der Waals surface area contributed by atoms with Crippen molar-refractivity contribution >= 4 is 17.8 Å². The summed E-state index contributed by atoms with van der Waals surface area (Å²) in [5.74, 6) is 0.724. The van der Waals surface area contributed by atoms with Gasteiger partial charge in [0.2, 0.25) is 11.8 Å². The van der Waals surface area contributed by atoms with Crippen LogP contribution < -0.4 is 10.6 Å². The van der Waals surface area contributed by atoms with Crippen molar-refractivity contribution in [1.29, 1.82) is 0 Å². The zero-order valence-electron chi connectivity index (χ0n) is 13.9. The zero-order chi connectivity index (χ0) is 16.6. The van der Waals surface area contributed by atoms with E-state index >= 15 is 0 Å². The predicted octanol–water partition coefficient (Wildman–Crippen LogP) is 0.165. The molecule has 3 fully saturated rings. The molecular weight excluding hydrogens is 296 g/mol. The molecule has 0 unspecified atom stereocenters. The highest BCUT2D eigenvalue weighted by atomic mass is 16.2. The third-order valence-corrected chi connectivity index (χ3v) is 5.20. The van der Waals surface area contributed by atoms with Gasteiger partial charge in [0.1, 0.15) is 6.04 Å². The normalized spacial score (nSPS) is 26.8. The molecule has 0 bridgehead atoms. The topological polar surface area (TPSA) is 81.8 Å². The van der Waals surface area contributed by atoms with Crippen molar-refractivity contribution in [3.05, 3.63) is 0 Å². The monoisotopic (exact) mass is 322 g/mol. The maximum Gasteiger partial charge on any atom is 0.315 e. The average Bonchev–Trinajstić information content (AvgIpc) is 3.04. The minimum atomic E-state index is -0.445. The average molecular weight is 322 g/mol. The molecule has 3 rings (SSSR count). The number of likely N-dealkylation sites (tertiary alicyclic amines) is 2. The Kier molecular flexibility index (Phi) is 4.21. The summed E-state index contributed by atoms with van der Waals surface area (Å²) in [6.45, 7) is 7.62. The molecule has 0 saturated carbocycles. The van der Waals surface area contributed by atoms with Gasteiger partial charge in [0.15, 0.2) is 0 Å². The first-order valence-corrected chi connectivity index (χ1v) is 8.49. The molecule has 2 N–H and O–H groups in total.